The number of nitrogen functional groups attached to an aromatic ring is 2. The van der Waals surface area contributed by atoms with Crippen LogP contribution in [-0.4, -0.2) is 0 Å². The molecule has 0 saturated heterocycles. The molecular formula is C32H28N4+2. The van der Waals surface area contributed by atoms with Crippen LogP contribution in [0.15, 0.2) is 122 Å². The molecule has 2 heterocycles. The van der Waals surface area contributed by atoms with Crippen molar-refractivity contribution in [3.05, 3.63) is 133 Å². The standard InChI is InChI=1S/C32H26N4/c33-29-19-21-35(31-7-3-1-5-27(29)31)25-15-11-23(12-16-25)9-10-24-13-17-26(18-14-24)36-22-20-30(34)28-6-2-4-8-32(28)36/h1-8,11-22,33-34H,9-10H2/p+2. The first kappa shape index (κ1) is 21.8. The Morgan fingerprint density at radius 3 is 1.25 bits per heavy atom. The Morgan fingerprint density at radius 2 is 0.833 bits per heavy atom. The maximum absolute atomic E-state index is 6.18. The van der Waals surface area contributed by atoms with Gasteiger partial charge in [0.25, 0.3) is 0 Å². The van der Waals surface area contributed by atoms with E-state index >= 15 is 0 Å². The average molecular weight is 469 g/mol. The maximum Gasteiger partial charge on any atom is 0.220 e. The number of fused-ring (bicyclic) bond motifs is 2. The number of aryl methyl sites for hydroxylation is 2. The van der Waals surface area contributed by atoms with Gasteiger partial charge in [0.05, 0.1) is 22.1 Å². The Balaban J connectivity index is 1.18. The largest absolute Gasteiger partial charge is 0.398 e. The monoisotopic (exact) mass is 468 g/mol. The summed E-state index contributed by atoms with van der Waals surface area (Å²) in [6, 6.07) is 38.0. The summed E-state index contributed by atoms with van der Waals surface area (Å²) in [7, 11) is 0. The first-order valence-corrected chi connectivity index (χ1v) is 12.2. The molecule has 4 N–H and O–H groups in total. The van der Waals surface area contributed by atoms with Crippen LogP contribution in [0.2, 0.25) is 0 Å². The van der Waals surface area contributed by atoms with Gasteiger partial charge in [-0.3, -0.25) is 0 Å². The van der Waals surface area contributed by atoms with Gasteiger partial charge in [-0.25, -0.2) is 0 Å². The van der Waals surface area contributed by atoms with Crippen molar-refractivity contribution in [2.45, 2.75) is 12.8 Å². The topological polar surface area (TPSA) is 59.8 Å². The molecule has 0 fully saturated rings. The summed E-state index contributed by atoms with van der Waals surface area (Å²) in [5.74, 6) is 0. The van der Waals surface area contributed by atoms with Crippen molar-refractivity contribution in [3.8, 4) is 11.4 Å². The number of para-hydroxylation sites is 2. The van der Waals surface area contributed by atoms with Gasteiger partial charge >= 0.3 is 0 Å². The molecule has 0 bridgehead atoms. The van der Waals surface area contributed by atoms with Crippen molar-refractivity contribution < 1.29 is 9.13 Å². The van der Waals surface area contributed by atoms with Crippen molar-refractivity contribution in [2.75, 3.05) is 11.5 Å². The second kappa shape index (κ2) is 9.16. The van der Waals surface area contributed by atoms with E-state index in [0.717, 1.165) is 57.4 Å². The lowest BCUT2D eigenvalue weighted by molar-refractivity contribution is -0.567. The highest BCUT2D eigenvalue weighted by molar-refractivity contribution is 5.88. The number of anilines is 2. The fourth-order valence-electron chi connectivity index (χ4n) is 4.89. The molecule has 0 amide bonds. The molecule has 0 aliphatic carbocycles. The molecule has 36 heavy (non-hydrogen) atoms. The van der Waals surface area contributed by atoms with Crippen molar-refractivity contribution in [3.63, 3.8) is 0 Å². The molecule has 174 valence electrons. The van der Waals surface area contributed by atoms with Gasteiger partial charge in [-0.15, -0.1) is 0 Å². The fourth-order valence-corrected chi connectivity index (χ4v) is 4.89. The van der Waals surface area contributed by atoms with Gasteiger partial charge < -0.3 is 11.5 Å². The van der Waals surface area contributed by atoms with E-state index in [2.05, 4.69) is 81.9 Å². The average Bonchev–Trinajstić information content (AvgIpc) is 2.93. The minimum Gasteiger partial charge on any atom is -0.398 e. The number of pyridine rings is 2. The third kappa shape index (κ3) is 4.03. The number of aromatic nitrogens is 2. The van der Waals surface area contributed by atoms with Crippen LogP contribution in [0.3, 0.4) is 0 Å². The second-order valence-electron chi connectivity index (χ2n) is 9.15. The van der Waals surface area contributed by atoms with E-state index in [-0.39, 0.29) is 0 Å². The van der Waals surface area contributed by atoms with E-state index in [1.54, 1.807) is 0 Å². The lowest BCUT2D eigenvalue weighted by atomic mass is 10.0. The third-order valence-electron chi connectivity index (χ3n) is 6.89. The first-order chi connectivity index (χ1) is 17.7. The number of rotatable bonds is 5. The summed E-state index contributed by atoms with van der Waals surface area (Å²) in [4.78, 5) is 0. The van der Waals surface area contributed by atoms with Gasteiger partial charge in [-0.2, -0.15) is 9.13 Å². The fraction of sp³-hybridized carbons (Fsp3) is 0.0625. The molecule has 0 unspecified atom stereocenters. The number of hydrogen-bond donors (Lipinski definition) is 2. The Morgan fingerprint density at radius 1 is 0.444 bits per heavy atom. The molecule has 4 aromatic carbocycles. The highest BCUT2D eigenvalue weighted by atomic mass is 15.0. The summed E-state index contributed by atoms with van der Waals surface area (Å²) in [5.41, 5.74) is 21.1. The van der Waals surface area contributed by atoms with Crippen LogP contribution < -0.4 is 20.6 Å². The zero-order chi connectivity index (χ0) is 24.5. The lowest BCUT2D eigenvalue weighted by Crippen LogP contribution is -2.31. The molecule has 0 saturated carbocycles. The molecule has 0 aliphatic rings. The quantitative estimate of drug-likeness (QED) is 0.329. The molecular weight excluding hydrogens is 440 g/mol. The summed E-state index contributed by atoms with van der Waals surface area (Å²) >= 11 is 0. The smallest absolute Gasteiger partial charge is 0.220 e. The lowest BCUT2D eigenvalue weighted by Gasteiger charge is -2.06. The molecule has 4 nitrogen and oxygen atoms in total. The Kier molecular flexibility index (Phi) is 5.55. The van der Waals surface area contributed by atoms with Gasteiger partial charge in [-0.1, -0.05) is 48.5 Å². The predicted octanol–water partition coefficient (Wildman–Crippen LogP) is 5.50. The van der Waals surface area contributed by atoms with E-state index in [4.69, 9.17) is 11.5 Å². The second-order valence-corrected chi connectivity index (χ2v) is 9.15. The summed E-state index contributed by atoms with van der Waals surface area (Å²) < 4.78 is 4.37. The molecule has 6 rings (SSSR count). The minimum atomic E-state index is 0.799. The predicted molar refractivity (Wildman–Crippen MR) is 147 cm³/mol. The normalized spacial score (nSPS) is 11.2. The van der Waals surface area contributed by atoms with E-state index in [9.17, 15) is 0 Å². The highest BCUT2D eigenvalue weighted by Crippen LogP contribution is 2.20. The Hall–Kier alpha value is -4.70. The SMILES string of the molecule is Nc1cc[n+](-c2ccc(CCc3ccc(-[n+]4ccc(N)c5ccccc54)cc3)cc2)c2ccccc12. The van der Waals surface area contributed by atoms with Crippen LogP contribution in [0.1, 0.15) is 11.1 Å². The van der Waals surface area contributed by atoms with Crippen LogP contribution >= 0.6 is 0 Å². The van der Waals surface area contributed by atoms with Crippen LogP contribution in [0.5, 0.6) is 0 Å². The van der Waals surface area contributed by atoms with Crippen molar-refractivity contribution in [1.82, 2.24) is 0 Å². The van der Waals surface area contributed by atoms with E-state index in [1.165, 1.54) is 11.1 Å². The first-order valence-electron chi connectivity index (χ1n) is 12.2. The Labute approximate surface area is 210 Å². The van der Waals surface area contributed by atoms with Gasteiger partial charge in [0.15, 0.2) is 12.4 Å². The summed E-state index contributed by atoms with van der Waals surface area (Å²) in [5, 5.41) is 2.13. The van der Waals surface area contributed by atoms with Gasteiger partial charge in [0.1, 0.15) is 0 Å². The molecule has 2 aromatic heterocycles. The molecule has 0 atom stereocenters. The molecule has 0 radical (unpaired) electrons. The summed E-state index contributed by atoms with van der Waals surface area (Å²) in [6.45, 7) is 0. The molecule has 0 spiro atoms. The van der Waals surface area contributed by atoms with E-state index in [0.29, 0.717) is 0 Å². The number of nitrogens with two attached hydrogens (primary N) is 2. The molecule has 6 aromatic rings. The van der Waals surface area contributed by atoms with E-state index in [1.807, 2.05) is 48.8 Å². The number of nitrogens with zero attached hydrogens (tertiary/aromatic N) is 2. The number of benzene rings is 4. The van der Waals surface area contributed by atoms with E-state index < -0.39 is 0 Å². The summed E-state index contributed by atoms with van der Waals surface area (Å²) in [6.07, 6.45) is 6.06. The van der Waals surface area contributed by atoms with Crippen LogP contribution in [0.25, 0.3) is 33.2 Å². The van der Waals surface area contributed by atoms with Gasteiger partial charge in [0, 0.05) is 48.5 Å². The van der Waals surface area contributed by atoms with Gasteiger partial charge in [0.2, 0.25) is 22.4 Å². The van der Waals surface area contributed by atoms with Crippen LogP contribution in [0.4, 0.5) is 11.4 Å². The van der Waals surface area contributed by atoms with Crippen molar-refractivity contribution >= 4 is 33.2 Å². The van der Waals surface area contributed by atoms with Crippen molar-refractivity contribution in [2.24, 2.45) is 0 Å². The van der Waals surface area contributed by atoms with Crippen LogP contribution in [0, 0.1) is 0 Å². The Bertz CT molecular complexity index is 1560. The maximum atomic E-state index is 6.18. The molecule has 0 aliphatic heterocycles. The molecule has 4 heteroatoms. The number of hydrogen-bond acceptors (Lipinski definition) is 2. The van der Waals surface area contributed by atoms with Crippen molar-refractivity contribution in [1.29, 1.82) is 0 Å². The zero-order valence-electron chi connectivity index (χ0n) is 20.0. The zero-order valence-corrected chi connectivity index (χ0v) is 20.0. The minimum absolute atomic E-state index is 0.799. The highest BCUT2D eigenvalue weighted by Gasteiger charge is 2.15. The third-order valence-corrected chi connectivity index (χ3v) is 6.89. The van der Waals surface area contributed by atoms with Gasteiger partial charge in [-0.05, 0) is 36.1 Å². The van der Waals surface area contributed by atoms with Crippen LogP contribution in [-0.2, 0) is 12.8 Å².